The molecule has 1 fully saturated rings. The summed E-state index contributed by atoms with van der Waals surface area (Å²) in [6.07, 6.45) is 6.78. The van der Waals surface area contributed by atoms with Crippen LogP contribution in [0.15, 0.2) is 48.8 Å². The zero-order valence-electron chi connectivity index (χ0n) is 16.8. The molecule has 0 saturated carbocycles. The fourth-order valence-electron chi connectivity index (χ4n) is 3.77. The molecule has 0 bridgehead atoms. The van der Waals surface area contributed by atoms with E-state index in [2.05, 4.69) is 47.6 Å². The molecular formula is C23H30N2O3. The van der Waals surface area contributed by atoms with Gasteiger partial charge in [-0.3, -0.25) is 9.78 Å². The quantitative estimate of drug-likeness (QED) is 0.757. The van der Waals surface area contributed by atoms with Crippen LogP contribution in [0.2, 0.25) is 0 Å². The van der Waals surface area contributed by atoms with Gasteiger partial charge in [-0.05, 0) is 48.4 Å². The zero-order valence-corrected chi connectivity index (χ0v) is 16.8. The summed E-state index contributed by atoms with van der Waals surface area (Å²) in [7, 11) is 1.69. The van der Waals surface area contributed by atoms with E-state index in [1.807, 2.05) is 12.3 Å². The van der Waals surface area contributed by atoms with Crippen molar-refractivity contribution in [3.8, 4) is 11.1 Å². The number of nitrogens with zero attached hydrogens (tertiary/aromatic N) is 1. The molecule has 1 N–H and O–H groups in total. The van der Waals surface area contributed by atoms with Gasteiger partial charge in [0.15, 0.2) is 0 Å². The predicted octanol–water partition coefficient (Wildman–Crippen LogP) is 3.63. The molecule has 5 heteroatoms. The Balaban J connectivity index is 1.72. The van der Waals surface area contributed by atoms with Crippen LogP contribution in [0.5, 0.6) is 0 Å². The molecule has 2 heterocycles. The number of hydrogen-bond acceptors (Lipinski definition) is 4. The summed E-state index contributed by atoms with van der Waals surface area (Å²) in [5.41, 5.74) is 2.98. The van der Waals surface area contributed by atoms with Gasteiger partial charge < -0.3 is 14.8 Å². The fraction of sp³-hybridized carbons (Fsp3) is 0.478. The molecule has 0 unspecified atom stereocenters. The van der Waals surface area contributed by atoms with Crippen molar-refractivity contribution in [2.24, 2.45) is 5.41 Å². The Labute approximate surface area is 167 Å². The van der Waals surface area contributed by atoms with Crippen molar-refractivity contribution in [2.75, 3.05) is 26.9 Å². The van der Waals surface area contributed by atoms with Crippen LogP contribution in [0.25, 0.3) is 11.1 Å². The zero-order chi connectivity index (χ0) is 19.8. The molecule has 1 amide bonds. The summed E-state index contributed by atoms with van der Waals surface area (Å²) in [6, 6.07) is 12.4. The van der Waals surface area contributed by atoms with Crippen LogP contribution in [-0.2, 0) is 20.7 Å². The van der Waals surface area contributed by atoms with Crippen molar-refractivity contribution in [2.45, 2.75) is 38.7 Å². The first kappa shape index (κ1) is 20.5. The number of rotatable bonds is 8. The number of benzene rings is 1. The predicted molar refractivity (Wildman–Crippen MR) is 110 cm³/mol. The van der Waals surface area contributed by atoms with E-state index in [0.717, 1.165) is 36.8 Å². The number of ether oxygens (including phenoxy) is 2. The lowest BCUT2D eigenvalue weighted by atomic mass is 9.74. The monoisotopic (exact) mass is 382 g/mol. The molecule has 1 saturated heterocycles. The van der Waals surface area contributed by atoms with Crippen LogP contribution in [0, 0.1) is 5.41 Å². The van der Waals surface area contributed by atoms with E-state index in [1.54, 1.807) is 13.3 Å². The maximum Gasteiger partial charge on any atom is 0.226 e. The van der Waals surface area contributed by atoms with Crippen LogP contribution in [0.1, 0.15) is 31.7 Å². The second-order valence-corrected chi connectivity index (χ2v) is 7.48. The highest BCUT2D eigenvalue weighted by atomic mass is 16.5. The third-order valence-corrected chi connectivity index (χ3v) is 5.70. The fourth-order valence-corrected chi connectivity index (χ4v) is 3.77. The van der Waals surface area contributed by atoms with E-state index in [4.69, 9.17) is 9.47 Å². The molecule has 150 valence electrons. The van der Waals surface area contributed by atoms with Crippen molar-refractivity contribution in [3.05, 3.63) is 54.4 Å². The van der Waals surface area contributed by atoms with Gasteiger partial charge in [0.1, 0.15) is 0 Å². The normalized spacial score (nSPS) is 17.1. The van der Waals surface area contributed by atoms with E-state index in [-0.39, 0.29) is 12.0 Å². The second kappa shape index (κ2) is 9.80. The van der Waals surface area contributed by atoms with Gasteiger partial charge in [0.25, 0.3) is 0 Å². The molecule has 1 aromatic heterocycles. The van der Waals surface area contributed by atoms with Crippen LogP contribution < -0.4 is 5.32 Å². The van der Waals surface area contributed by atoms with Crippen molar-refractivity contribution in [1.29, 1.82) is 0 Å². The minimum Gasteiger partial charge on any atom is -0.381 e. The molecule has 1 aliphatic heterocycles. The first-order valence-electron chi connectivity index (χ1n) is 10.0. The largest absolute Gasteiger partial charge is 0.381 e. The lowest BCUT2D eigenvalue weighted by Gasteiger charge is -2.36. The van der Waals surface area contributed by atoms with Gasteiger partial charge in [0.05, 0.1) is 11.5 Å². The molecule has 1 aliphatic rings. The molecule has 1 aromatic carbocycles. The Hall–Kier alpha value is -2.24. The molecule has 0 radical (unpaired) electrons. The van der Waals surface area contributed by atoms with Gasteiger partial charge in [0, 0.05) is 39.3 Å². The molecule has 2 aromatic rings. The summed E-state index contributed by atoms with van der Waals surface area (Å²) in [5.74, 6) is 0.114. The van der Waals surface area contributed by atoms with Crippen molar-refractivity contribution < 1.29 is 14.3 Å². The number of hydrogen-bond donors (Lipinski definition) is 1. The summed E-state index contributed by atoms with van der Waals surface area (Å²) >= 11 is 0. The molecular weight excluding hydrogens is 352 g/mol. The number of methoxy groups -OCH3 is 1. The molecule has 5 nitrogen and oxygen atoms in total. The SMILES string of the molecule is CC[C@H](CNC(=O)C1(Cc2ccc(-c3cccnc3)cc2)CCOCC1)OC. The highest BCUT2D eigenvalue weighted by Gasteiger charge is 2.40. The molecule has 0 spiro atoms. The summed E-state index contributed by atoms with van der Waals surface area (Å²) < 4.78 is 10.9. The Morgan fingerprint density at radius 3 is 2.57 bits per heavy atom. The van der Waals surface area contributed by atoms with Crippen LogP contribution in [0.3, 0.4) is 0 Å². The smallest absolute Gasteiger partial charge is 0.226 e. The van der Waals surface area contributed by atoms with Crippen LogP contribution in [0.4, 0.5) is 0 Å². The Bertz CT molecular complexity index is 736. The van der Waals surface area contributed by atoms with E-state index in [0.29, 0.717) is 19.8 Å². The minimum atomic E-state index is -0.417. The van der Waals surface area contributed by atoms with Gasteiger partial charge in [-0.1, -0.05) is 37.3 Å². The van der Waals surface area contributed by atoms with Crippen LogP contribution >= 0.6 is 0 Å². The molecule has 0 aliphatic carbocycles. The van der Waals surface area contributed by atoms with E-state index in [9.17, 15) is 4.79 Å². The third-order valence-electron chi connectivity index (χ3n) is 5.70. The van der Waals surface area contributed by atoms with Gasteiger partial charge in [0.2, 0.25) is 5.91 Å². The van der Waals surface area contributed by atoms with Gasteiger partial charge in [-0.2, -0.15) is 0 Å². The minimum absolute atomic E-state index is 0.0552. The van der Waals surface area contributed by atoms with Crippen molar-refractivity contribution >= 4 is 5.91 Å². The third kappa shape index (κ3) is 4.97. The average molecular weight is 383 g/mol. The van der Waals surface area contributed by atoms with Gasteiger partial charge in [-0.25, -0.2) is 0 Å². The maximum atomic E-state index is 13.1. The van der Waals surface area contributed by atoms with Crippen molar-refractivity contribution in [3.63, 3.8) is 0 Å². The lowest BCUT2D eigenvalue weighted by Crippen LogP contribution is -2.48. The number of amides is 1. The number of carbonyl (C=O) groups excluding carboxylic acids is 1. The summed E-state index contributed by atoms with van der Waals surface area (Å²) in [4.78, 5) is 17.3. The van der Waals surface area contributed by atoms with E-state index < -0.39 is 5.41 Å². The van der Waals surface area contributed by atoms with Crippen molar-refractivity contribution in [1.82, 2.24) is 10.3 Å². The van der Waals surface area contributed by atoms with Gasteiger partial charge >= 0.3 is 0 Å². The van der Waals surface area contributed by atoms with Crippen LogP contribution in [-0.4, -0.2) is 43.9 Å². The summed E-state index contributed by atoms with van der Waals surface area (Å²) in [6.45, 7) is 3.87. The lowest BCUT2D eigenvalue weighted by molar-refractivity contribution is -0.137. The number of pyridine rings is 1. The Morgan fingerprint density at radius 2 is 1.96 bits per heavy atom. The van der Waals surface area contributed by atoms with Gasteiger partial charge in [-0.15, -0.1) is 0 Å². The number of nitrogens with one attached hydrogen (secondary N) is 1. The second-order valence-electron chi connectivity index (χ2n) is 7.48. The molecule has 28 heavy (non-hydrogen) atoms. The highest BCUT2D eigenvalue weighted by Crippen LogP contribution is 2.35. The number of carbonyl (C=O) groups is 1. The molecule has 3 rings (SSSR count). The Morgan fingerprint density at radius 1 is 1.21 bits per heavy atom. The number of aromatic nitrogens is 1. The topological polar surface area (TPSA) is 60.5 Å². The maximum absolute atomic E-state index is 13.1. The average Bonchev–Trinajstić information content (AvgIpc) is 2.76. The Kier molecular flexibility index (Phi) is 7.18. The first-order valence-corrected chi connectivity index (χ1v) is 10.0. The van der Waals surface area contributed by atoms with E-state index >= 15 is 0 Å². The molecule has 1 atom stereocenters. The van der Waals surface area contributed by atoms with E-state index in [1.165, 1.54) is 5.56 Å². The summed E-state index contributed by atoms with van der Waals surface area (Å²) in [5, 5.41) is 3.12. The first-order chi connectivity index (χ1) is 13.7. The standard InChI is InChI=1S/C23H30N2O3/c1-3-21(27-2)17-25-22(26)23(10-13-28-14-11-23)15-18-6-8-19(9-7-18)20-5-4-12-24-16-20/h4-9,12,16,21H,3,10-11,13-15,17H2,1-2H3,(H,25,26)/t21-/m1/s1. The highest BCUT2D eigenvalue weighted by molar-refractivity contribution is 5.83.